The third-order valence-electron chi connectivity index (χ3n) is 4.95. The summed E-state index contributed by atoms with van der Waals surface area (Å²) in [6.07, 6.45) is 5.25. The molecule has 1 aliphatic heterocycles. The molecule has 0 N–H and O–H groups in total. The van der Waals surface area contributed by atoms with Gasteiger partial charge in [0.15, 0.2) is 22.8 Å². The number of aromatic nitrogens is 7. The van der Waals surface area contributed by atoms with Gasteiger partial charge < -0.3 is 14.2 Å². The summed E-state index contributed by atoms with van der Waals surface area (Å²) in [6, 6.07) is 5.72. The lowest BCUT2D eigenvalue weighted by molar-refractivity contribution is 0.122. The quantitative estimate of drug-likeness (QED) is 0.526. The molecule has 9 heteroatoms. The van der Waals surface area contributed by atoms with Gasteiger partial charge in [-0.05, 0) is 25.1 Å². The van der Waals surface area contributed by atoms with Crippen molar-refractivity contribution in [1.82, 2.24) is 34.5 Å². The molecule has 0 bridgehead atoms. The minimum atomic E-state index is 0.564. The summed E-state index contributed by atoms with van der Waals surface area (Å²) in [7, 11) is 1.97. The molecule has 5 heterocycles. The average Bonchev–Trinajstić information content (AvgIpc) is 3.11. The van der Waals surface area contributed by atoms with Gasteiger partial charge in [0.1, 0.15) is 17.3 Å². The molecule has 0 saturated carbocycles. The highest BCUT2D eigenvalue weighted by molar-refractivity contribution is 5.88. The Hall–Kier alpha value is -3.46. The molecule has 9 nitrogen and oxygen atoms in total. The van der Waals surface area contributed by atoms with Gasteiger partial charge >= 0.3 is 0 Å². The van der Waals surface area contributed by atoms with Crippen LogP contribution in [0.4, 0.5) is 5.82 Å². The number of pyridine rings is 1. The molecule has 1 aliphatic rings. The molecule has 1 saturated heterocycles. The van der Waals surface area contributed by atoms with Crippen LogP contribution in [0.15, 0.2) is 36.8 Å². The lowest BCUT2D eigenvalue weighted by atomic mass is 10.2. The molecule has 0 unspecified atom stereocenters. The summed E-state index contributed by atoms with van der Waals surface area (Å²) < 4.78 is 7.52. The van der Waals surface area contributed by atoms with E-state index in [-0.39, 0.29) is 0 Å². The Kier molecular flexibility index (Phi) is 4.36. The highest BCUT2D eigenvalue weighted by atomic mass is 16.5. The van der Waals surface area contributed by atoms with E-state index in [9.17, 15) is 0 Å². The average molecular weight is 388 g/mol. The molecule has 4 aromatic heterocycles. The van der Waals surface area contributed by atoms with Crippen LogP contribution in [0, 0.1) is 6.92 Å². The predicted octanol–water partition coefficient (Wildman–Crippen LogP) is 2.03. The molecule has 29 heavy (non-hydrogen) atoms. The Morgan fingerprint density at radius 3 is 2.48 bits per heavy atom. The Balaban J connectivity index is 1.75. The second-order valence-corrected chi connectivity index (χ2v) is 6.86. The molecule has 5 rings (SSSR count). The lowest BCUT2D eigenvalue weighted by Crippen LogP contribution is -2.37. The fraction of sp³-hybridized carbons (Fsp3) is 0.300. The van der Waals surface area contributed by atoms with Crippen molar-refractivity contribution in [3.05, 3.63) is 42.6 Å². The molecule has 1 fully saturated rings. The summed E-state index contributed by atoms with van der Waals surface area (Å²) in [4.78, 5) is 29.6. The van der Waals surface area contributed by atoms with Crippen molar-refractivity contribution in [2.45, 2.75) is 6.92 Å². The van der Waals surface area contributed by atoms with Gasteiger partial charge in [0.05, 0.1) is 13.2 Å². The minimum absolute atomic E-state index is 0.564. The Bertz CT molecular complexity index is 1170. The van der Waals surface area contributed by atoms with Gasteiger partial charge in [-0.2, -0.15) is 0 Å². The van der Waals surface area contributed by atoms with Crippen LogP contribution >= 0.6 is 0 Å². The van der Waals surface area contributed by atoms with E-state index in [1.807, 2.05) is 36.7 Å². The summed E-state index contributed by atoms with van der Waals surface area (Å²) in [5, 5.41) is 0. The SMILES string of the molecule is Cc1nccc(-c2nc(N3CCOCC3)c3nc(-c4ccncc4)n(C)c3n2)n1. The number of imidazole rings is 1. The van der Waals surface area contributed by atoms with E-state index in [4.69, 9.17) is 19.7 Å². The van der Waals surface area contributed by atoms with Crippen molar-refractivity contribution in [2.24, 2.45) is 7.05 Å². The monoisotopic (exact) mass is 388 g/mol. The summed E-state index contributed by atoms with van der Waals surface area (Å²) in [6.45, 7) is 4.70. The Labute approximate surface area is 167 Å². The number of rotatable bonds is 3. The molecule has 0 atom stereocenters. The van der Waals surface area contributed by atoms with Crippen LogP contribution in [0.5, 0.6) is 0 Å². The van der Waals surface area contributed by atoms with Gasteiger partial charge in [0.25, 0.3) is 0 Å². The standard InChI is InChI=1S/C20H20N8O/c1-13-22-8-5-15(23-13)17-25-19-16(20(26-17)28-9-11-29-12-10-28)24-18(27(19)2)14-3-6-21-7-4-14/h3-8H,9-12H2,1-2H3. The number of fused-ring (bicyclic) bond motifs is 1. The van der Waals surface area contributed by atoms with Gasteiger partial charge in [-0.1, -0.05) is 0 Å². The normalized spacial score (nSPS) is 14.5. The first-order valence-corrected chi connectivity index (χ1v) is 9.48. The molecule has 0 aliphatic carbocycles. The van der Waals surface area contributed by atoms with Crippen LogP contribution in [0.3, 0.4) is 0 Å². The van der Waals surface area contributed by atoms with Crippen molar-refractivity contribution >= 4 is 17.0 Å². The predicted molar refractivity (Wildman–Crippen MR) is 108 cm³/mol. The van der Waals surface area contributed by atoms with E-state index in [0.29, 0.717) is 30.6 Å². The lowest BCUT2D eigenvalue weighted by Gasteiger charge is -2.28. The first kappa shape index (κ1) is 17.6. The molecular weight excluding hydrogens is 368 g/mol. The third-order valence-corrected chi connectivity index (χ3v) is 4.95. The first-order chi connectivity index (χ1) is 14.2. The number of hydrogen-bond donors (Lipinski definition) is 0. The van der Waals surface area contributed by atoms with Crippen molar-refractivity contribution in [3.63, 3.8) is 0 Å². The Morgan fingerprint density at radius 2 is 1.72 bits per heavy atom. The molecule has 0 spiro atoms. The van der Waals surface area contributed by atoms with Crippen LogP contribution in [-0.2, 0) is 11.8 Å². The van der Waals surface area contributed by atoms with Gasteiger partial charge in [-0.25, -0.2) is 24.9 Å². The van der Waals surface area contributed by atoms with Crippen LogP contribution in [0.25, 0.3) is 34.1 Å². The van der Waals surface area contributed by atoms with Gasteiger partial charge in [-0.15, -0.1) is 0 Å². The number of anilines is 1. The van der Waals surface area contributed by atoms with E-state index in [2.05, 4.69) is 19.9 Å². The largest absolute Gasteiger partial charge is 0.378 e. The van der Waals surface area contributed by atoms with Crippen LogP contribution < -0.4 is 4.90 Å². The van der Waals surface area contributed by atoms with E-state index in [0.717, 1.165) is 41.5 Å². The van der Waals surface area contributed by atoms with E-state index in [1.54, 1.807) is 18.6 Å². The van der Waals surface area contributed by atoms with Gasteiger partial charge in [-0.3, -0.25) is 4.98 Å². The second-order valence-electron chi connectivity index (χ2n) is 6.86. The number of aryl methyl sites for hydroxylation is 2. The van der Waals surface area contributed by atoms with Crippen LogP contribution in [0.1, 0.15) is 5.82 Å². The zero-order valence-electron chi connectivity index (χ0n) is 16.3. The maximum absolute atomic E-state index is 5.52. The van der Waals surface area contributed by atoms with Crippen molar-refractivity contribution in [1.29, 1.82) is 0 Å². The van der Waals surface area contributed by atoms with Gasteiger partial charge in [0.2, 0.25) is 0 Å². The summed E-state index contributed by atoms with van der Waals surface area (Å²) in [5.41, 5.74) is 3.21. The van der Waals surface area contributed by atoms with Crippen LogP contribution in [-0.4, -0.2) is 60.8 Å². The minimum Gasteiger partial charge on any atom is -0.378 e. The maximum Gasteiger partial charge on any atom is 0.182 e. The van der Waals surface area contributed by atoms with Crippen molar-refractivity contribution in [2.75, 3.05) is 31.2 Å². The molecule has 146 valence electrons. The van der Waals surface area contributed by atoms with E-state index in [1.165, 1.54) is 0 Å². The van der Waals surface area contributed by atoms with Crippen LogP contribution in [0.2, 0.25) is 0 Å². The third kappa shape index (κ3) is 3.19. The van der Waals surface area contributed by atoms with E-state index >= 15 is 0 Å². The number of nitrogens with zero attached hydrogens (tertiary/aromatic N) is 8. The highest BCUT2D eigenvalue weighted by Gasteiger charge is 2.23. The maximum atomic E-state index is 5.52. The summed E-state index contributed by atoms with van der Waals surface area (Å²) >= 11 is 0. The highest BCUT2D eigenvalue weighted by Crippen LogP contribution is 2.30. The number of morpholine rings is 1. The molecular formula is C20H20N8O. The second kappa shape index (κ2) is 7.17. The smallest absolute Gasteiger partial charge is 0.182 e. The molecule has 0 radical (unpaired) electrons. The first-order valence-electron chi connectivity index (χ1n) is 9.48. The van der Waals surface area contributed by atoms with Gasteiger partial charge in [0, 0.05) is 44.3 Å². The summed E-state index contributed by atoms with van der Waals surface area (Å²) in [5.74, 6) is 2.87. The van der Waals surface area contributed by atoms with E-state index < -0.39 is 0 Å². The molecule has 0 amide bonds. The van der Waals surface area contributed by atoms with Crippen molar-refractivity contribution < 1.29 is 4.74 Å². The fourth-order valence-electron chi connectivity index (χ4n) is 3.50. The molecule has 0 aromatic carbocycles. The number of ether oxygens (including phenoxy) is 1. The van der Waals surface area contributed by atoms with Crippen molar-refractivity contribution in [3.8, 4) is 22.9 Å². The zero-order chi connectivity index (χ0) is 19.8. The topological polar surface area (TPSA) is 94.7 Å². The zero-order valence-corrected chi connectivity index (χ0v) is 16.3. The molecule has 4 aromatic rings. The number of hydrogen-bond acceptors (Lipinski definition) is 8. The Morgan fingerprint density at radius 1 is 0.931 bits per heavy atom. The fourth-order valence-corrected chi connectivity index (χ4v) is 3.50.